The Kier molecular flexibility index (Phi) is 4.63. The molecule has 8 heteroatoms. The number of aromatic amines is 2. The highest BCUT2D eigenvalue weighted by Gasteiger charge is 2.24. The van der Waals surface area contributed by atoms with Crippen molar-refractivity contribution in [1.29, 1.82) is 0 Å². The molecule has 0 bridgehead atoms. The van der Waals surface area contributed by atoms with Crippen LogP contribution in [0.15, 0.2) is 85.6 Å². The van der Waals surface area contributed by atoms with E-state index in [1.165, 1.54) is 12.8 Å². The number of nitrogens with zero attached hydrogens (tertiary/aromatic N) is 5. The lowest BCUT2D eigenvalue weighted by Crippen LogP contribution is -2.00. The fraction of sp³-hybridized carbons (Fsp3) is 0.107. The number of allylic oxidation sites excluding steroid dienone is 1. The number of pyridine rings is 4. The quantitative estimate of drug-likeness (QED) is 0.277. The summed E-state index contributed by atoms with van der Waals surface area (Å²) in [5.74, 6) is 0.571. The van der Waals surface area contributed by atoms with E-state index in [1.807, 2.05) is 48.8 Å². The third-order valence-electron chi connectivity index (χ3n) is 6.53. The molecule has 1 fully saturated rings. The molecule has 3 N–H and O–H groups in total. The van der Waals surface area contributed by atoms with E-state index in [4.69, 9.17) is 4.98 Å². The van der Waals surface area contributed by atoms with Gasteiger partial charge in [-0.2, -0.15) is 5.10 Å². The zero-order valence-corrected chi connectivity index (χ0v) is 19.4. The molecule has 174 valence electrons. The van der Waals surface area contributed by atoms with E-state index in [0.717, 1.165) is 67.4 Å². The van der Waals surface area contributed by atoms with Crippen LogP contribution in [0.2, 0.25) is 0 Å². The lowest BCUT2D eigenvalue weighted by atomic mass is 10.1. The Morgan fingerprint density at radius 2 is 1.86 bits per heavy atom. The number of nitrogens with one attached hydrogen (secondary N) is 3. The average Bonchev–Trinajstić information content (AvgIpc) is 3.55. The zero-order chi connectivity index (χ0) is 24.1. The summed E-state index contributed by atoms with van der Waals surface area (Å²) >= 11 is 0. The van der Waals surface area contributed by atoms with Gasteiger partial charge in [-0.1, -0.05) is 12.6 Å². The number of hydrogen-bond donors (Lipinski definition) is 3. The number of hydrogen-bond acceptors (Lipinski definition) is 6. The summed E-state index contributed by atoms with van der Waals surface area (Å²) < 4.78 is 0. The Balaban J connectivity index is 1.28. The smallest absolute Gasteiger partial charge is 0.135 e. The van der Waals surface area contributed by atoms with E-state index in [2.05, 4.69) is 54.2 Å². The monoisotopic (exact) mass is 470 g/mol. The highest BCUT2D eigenvalue weighted by Crippen LogP contribution is 2.36. The molecule has 1 aliphatic carbocycles. The maximum Gasteiger partial charge on any atom is 0.135 e. The Bertz CT molecular complexity index is 1740. The van der Waals surface area contributed by atoms with Gasteiger partial charge in [-0.05, 0) is 61.2 Å². The predicted octanol–water partition coefficient (Wildman–Crippen LogP) is 5.96. The highest BCUT2D eigenvalue weighted by atomic mass is 15.1. The summed E-state index contributed by atoms with van der Waals surface area (Å²) in [5, 5.41) is 12.1. The minimum absolute atomic E-state index is 0.571. The average molecular weight is 471 g/mol. The molecule has 1 saturated carbocycles. The Morgan fingerprint density at radius 3 is 2.72 bits per heavy atom. The van der Waals surface area contributed by atoms with E-state index in [1.54, 1.807) is 12.4 Å². The van der Waals surface area contributed by atoms with E-state index < -0.39 is 0 Å². The Hall–Kier alpha value is -4.85. The van der Waals surface area contributed by atoms with Gasteiger partial charge in [0.25, 0.3) is 0 Å². The third kappa shape index (κ3) is 3.60. The summed E-state index contributed by atoms with van der Waals surface area (Å²) in [6.45, 7) is 4.16. The first-order valence-electron chi connectivity index (χ1n) is 11.9. The zero-order valence-electron chi connectivity index (χ0n) is 19.4. The highest BCUT2D eigenvalue weighted by molar-refractivity contribution is 5.98. The number of fused-ring (bicyclic) bond motifs is 2. The van der Waals surface area contributed by atoms with Crippen LogP contribution in [-0.2, 0) is 0 Å². The van der Waals surface area contributed by atoms with E-state index in [0.29, 0.717) is 5.92 Å². The maximum absolute atomic E-state index is 4.97. The van der Waals surface area contributed by atoms with Gasteiger partial charge in [0, 0.05) is 40.8 Å². The molecule has 0 aromatic carbocycles. The first kappa shape index (κ1) is 20.5. The largest absolute Gasteiger partial charge is 0.358 e. The molecule has 0 spiro atoms. The topological polar surface area (TPSA) is 108 Å². The minimum atomic E-state index is 0.571. The maximum atomic E-state index is 4.97. The Labute approximate surface area is 206 Å². The first-order chi connectivity index (χ1) is 17.7. The molecule has 0 radical (unpaired) electrons. The SMILES string of the molecule is C=C(Nc1cncc(-c2ccc3[nH]nc(-c4cc5c(-c6ccccn6)nccc5[nH]4)c3n2)c1)C1CC1. The van der Waals surface area contributed by atoms with Crippen molar-refractivity contribution >= 4 is 27.6 Å². The van der Waals surface area contributed by atoms with Crippen LogP contribution in [0.5, 0.6) is 0 Å². The van der Waals surface area contributed by atoms with Gasteiger partial charge in [0.2, 0.25) is 0 Å². The van der Waals surface area contributed by atoms with Crippen LogP contribution in [0.3, 0.4) is 0 Å². The summed E-state index contributed by atoms with van der Waals surface area (Å²) in [6.07, 6.45) is 9.61. The summed E-state index contributed by atoms with van der Waals surface area (Å²) in [6, 6.07) is 15.9. The van der Waals surface area contributed by atoms with Gasteiger partial charge in [-0.15, -0.1) is 0 Å². The molecular formula is C28H22N8. The molecule has 36 heavy (non-hydrogen) atoms. The molecule has 0 saturated heterocycles. The second-order valence-electron chi connectivity index (χ2n) is 9.07. The van der Waals surface area contributed by atoms with Gasteiger partial charge in [0.15, 0.2) is 0 Å². The normalized spacial score (nSPS) is 13.3. The van der Waals surface area contributed by atoms with Gasteiger partial charge in [-0.3, -0.25) is 20.1 Å². The number of rotatable bonds is 6. The summed E-state index contributed by atoms with van der Waals surface area (Å²) in [4.78, 5) is 21.9. The molecule has 0 atom stereocenters. The molecule has 7 rings (SSSR count). The predicted molar refractivity (Wildman–Crippen MR) is 141 cm³/mol. The standard InChI is InChI=1S/C28H22N8/c1-16(17-5-6-17)32-19-12-18(14-29-15-19)21-7-8-24-27(34-21)28(36-35-24)25-13-20-22(33-25)9-11-31-26(20)23-4-2-3-10-30-23/h2-4,7-15,17,32-33H,1,5-6H2,(H,35,36). The molecule has 0 amide bonds. The summed E-state index contributed by atoms with van der Waals surface area (Å²) in [7, 11) is 0. The molecule has 6 aromatic heterocycles. The van der Waals surface area contributed by atoms with Crippen LogP contribution in [0, 0.1) is 5.92 Å². The van der Waals surface area contributed by atoms with Crippen molar-refractivity contribution in [1.82, 2.24) is 35.1 Å². The van der Waals surface area contributed by atoms with Crippen molar-refractivity contribution < 1.29 is 0 Å². The molecule has 1 aliphatic rings. The van der Waals surface area contributed by atoms with Crippen LogP contribution in [-0.4, -0.2) is 35.1 Å². The van der Waals surface area contributed by atoms with Crippen molar-refractivity contribution in [2.24, 2.45) is 5.92 Å². The van der Waals surface area contributed by atoms with Crippen LogP contribution in [0.1, 0.15) is 12.8 Å². The number of aromatic nitrogens is 7. The van der Waals surface area contributed by atoms with E-state index in [9.17, 15) is 0 Å². The van der Waals surface area contributed by atoms with Crippen molar-refractivity contribution in [3.05, 3.63) is 85.6 Å². The fourth-order valence-corrected chi connectivity index (χ4v) is 4.50. The summed E-state index contributed by atoms with van der Waals surface area (Å²) in [5.41, 5.74) is 9.59. The number of H-pyrrole nitrogens is 2. The molecule has 6 heterocycles. The molecule has 8 nitrogen and oxygen atoms in total. The molecular weight excluding hydrogens is 448 g/mol. The lowest BCUT2D eigenvalue weighted by Gasteiger charge is -2.09. The third-order valence-corrected chi connectivity index (χ3v) is 6.53. The van der Waals surface area contributed by atoms with Gasteiger partial charge >= 0.3 is 0 Å². The van der Waals surface area contributed by atoms with Crippen LogP contribution in [0.25, 0.3) is 56.0 Å². The molecule has 0 aliphatic heterocycles. The van der Waals surface area contributed by atoms with E-state index in [-0.39, 0.29) is 0 Å². The van der Waals surface area contributed by atoms with Crippen LogP contribution in [0.4, 0.5) is 5.69 Å². The Morgan fingerprint density at radius 1 is 0.917 bits per heavy atom. The second kappa shape index (κ2) is 8.13. The molecule has 6 aromatic rings. The van der Waals surface area contributed by atoms with Crippen molar-refractivity contribution in [3.63, 3.8) is 0 Å². The van der Waals surface area contributed by atoms with Gasteiger partial charge in [0.1, 0.15) is 11.2 Å². The number of anilines is 1. The second-order valence-corrected chi connectivity index (χ2v) is 9.07. The van der Waals surface area contributed by atoms with Gasteiger partial charge in [0.05, 0.1) is 40.2 Å². The van der Waals surface area contributed by atoms with Crippen molar-refractivity contribution in [3.8, 4) is 34.0 Å². The van der Waals surface area contributed by atoms with Crippen molar-refractivity contribution in [2.75, 3.05) is 5.32 Å². The van der Waals surface area contributed by atoms with Crippen LogP contribution >= 0.6 is 0 Å². The molecule has 0 unspecified atom stereocenters. The van der Waals surface area contributed by atoms with Crippen LogP contribution < -0.4 is 5.32 Å². The van der Waals surface area contributed by atoms with E-state index >= 15 is 0 Å². The lowest BCUT2D eigenvalue weighted by molar-refractivity contribution is 1.02. The first-order valence-corrected chi connectivity index (χ1v) is 11.9. The van der Waals surface area contributed by atoms with Gasteiger partial charge < -0.3 is 10.3 Å². The minimum Gasteiger partial charge on any atom is -0.358 e. The van der Waals surface area contributed by atoms with Gasteiger partial charge in [-0.25, -0.2) is 4.98 Å². The fourth-order valence-electron chi connectivity index (χ4n) is 4.50. The van der Waals surface area contributed by atoms with Crippen molar-refractivity contribution in [2.45, 2.75) is 12.8 Å².